The molecule has 0 spiro atoms. The number of amides is 1. The summed E-state index contributed by atoms with van der Waals surface area (Å²) in [5.74, 6) is -0.0389. The highest BCUT2D eigenvalue weighted by Crippen LogP contribution is 2.29. The lowest BCUT2D eigenvalue weighted by Gasteiger charge is -2.32. The third kappa shape index (κ3) is 4.50. The van der Waals surface area contributed by atoms with Crippen molar-refractivity contribution in [2.75, 3.05) is 18.8 Å². The predicted molar refractivity (Wildman–Crippen MR) is 90.4 cm³/mol. The minimum atomic E-state index is -0.0389. The number of hydrogen-bond acceptors (Lipinski definition) is 3. The van der Waals surface area contributed by atoms with Gasteiger partial charge in [-0.15, -0.1) is 24.8 Å². The fraction of sp³-hybridized carbons (Fsp3) is 0.533. The lowest BCUT2D eigenvalue weighted by Crippen LogP contribution is -2.45. The number of nitrogens with two attached hydrogens (primary N) is 1. The molecule has 6 heteroatoms. The Morgan fingerprint density at radius 2 is 1.71 bits per heavy atom. The summed E-state index contributed by atoms with van der Waals surface area (Å²) in [4.78, 5) is 14.7. The van der Waals surface area contributed by atoms with Gasteiger partial charge in [-0.3, -0.25) is 4.79 Å². The van der Waals surface area contributed by atoms with Crippen molar-refractivity contribution in [2.24, 2.45) is 0 Å². The number of anilines is 1. The van der Waals surface area contributed by atoms with E-state index < -0.39 is 0 Å². The summed E-state index contributed by atoms with van der Waals surface area (Å²) < 4.78 is 0. The van der Waals surface area contributed by atoms with Crippen LogP contribution < -0.4 is 11.1 Å². The molecule has 0 bridgehead atoms. The number of piperidine rings is 1. The van der Waals surface area contributed by atoms with E-state index in [0.717, 1.165) is 32.0 Å². The highest BCUT2D eigenvalue weighted by molar-refractivity contribution is 5.99. The molecule has 0 unspecified atom stereocenters. The molecule has 3 N–H and O–H groups in total. The standard InChI is InChI=1S/C15H21N3O.2ClH/c16-14-4-2-1-3-13(14)15(19)17-11-7-9-18(10-8-11)12-5-6-12;;/h1-4,11-12H,5-10,16H2,(H,17,19);2*1H. The van der Waals surface area contributed by atoms with Crippen LogP contribution in [0.5, 0.6) is 0 Å². The molecule has 0 atom stereocenters. The van der Waals surface area contributed by atoms with Crippen molar-refractivity contribution < 1.29 is 4.79 Å². The monoisotopic (exact) mass is 331 g/mol. The number of nitrogens with one attached hydrogen (secondary N) is 1. The van der Waals surface area contributed by atoms with Crippen LogP contribution in [0.3, 0.4) is 0 Å². The van der Waals surface area contributed by atoms with Crippen LogP contribution in [0.25, 0.3) is 0 Å². The number of benzene rings is 1. The fourth-order valence-electron chi connectivity index (χ4n) is 2.82. The number of rotatable bonds is 3. The van der Waals surface area contributed by atoms with Crippen molar-refractivity contribution >= 4 is 36.4 Å². The van der Waals surface area contributed by atoms with Gasteiger partial charge in [0.25, 0.3) is 5.91 Å². The first kappa shape index (κ1) is 18.1. The van der Waals surface area contributed by atoms with Crippen LogP contribution in [0.15, 0.2) is 24.3 Å². The molecule has 1 aromatic carbocycles. The molecule has 21 heavy (non-hydrogen) atoms. The second kappa shape index (κ2) is 7.87. The first-order valence-corrected chi connectivity index (χ1v) is 7.13. The smallest absolute Gasteiger partial charge is 0.253 e. The van der Waals surface area contributed by atoms with E-state index in [2.05, 4.69) is 10.2 Å². The van der Waals surface area contributed by atoms with E-state index in [0.29, 0.717) is 17.3 Å². The molecular weight excluding hydrogens is 309 g/mol. The quantitative estimate of drug-likeness (QED) is 0.836. The van der Waals surface area contributed by atoms with Gasteiger partial charge in [-0.25, -0.2) is 0 Å². The van der Waals surface area contributed by atoms with E-state index in [1.54, 1.807) is 12.1 Å². The second-order valence-electron chi connectivity index (χ2n) is 5.60. The summed E-state index contributed by atoms with van der Waals surface area (Å²) in [6.45, 7) is 2.22. The van der Waals surface area contributed by atoms with E-state index in [1.165, 1.54) is 12.8 Å². The van der Waals surface area contributed by atoms with E-state index >= 15 is 0 Å². The fourth-order valence-corrected chi connectivity index (χ4v) is 2.82. The third-order valence-corrected chi connectivity index (χ3v) is 4.13. The zero-order valence-electron chi connectivity index (χ0n) is 12.0. The maximum Gasteiger partial charge on any atom is 0.253 e. The molecule has 0 aromatic heterocycles. The Labute approximate surface area is 138 Å². The Kier molecular flexibility index (Phi) is 6.78. The molecule has 1 aliphatic carbocycles. The summed E-state index contributed by atoms with van der Waals surface area (Å²) in [7, 11) is 0. The SMILES string of the molecule is Cl.Cl.Nc1ccccc1C(=O)NC1CCN(C2CC2)CC1. The van der Waals surface area contributed by atoms with Crippen molar-refractivity contribution in [1.29, 1.82) is 0 Å². The van der Waals surface area contributed by atoms with Crippen LogP contribution in [-0.4, -0.2) is 36.0 Å². The molecule has 1 heterocycles. The molecule has 1 saturated carbocycles. The number of carbonyl (C=O) groups is 1. The van der Waals surface area contributed by atoms with Gasteiger partial charge in [-0.2, -0.15) is 0 Å². The lowest BCUT2D eigenvalue weighted by atomic mass is 10.0. The number of nitrogen functional groups attached to an aromatic ring is 1. The topological polar surface area (TPSA) is 58.4 Å². The summed E-state index contributed by atoms with van der Waals surface area (Å²) in [5.41, 5.74) is 6.97. The minimum absolute atomic E-state index is 0. The van der Waals surface area contributed by atoms with Gasteiger partial charge < -0.3 is 16.0 Å². The Hall–Kier alpha value is -0.970. The average Bonchev–Trinajstić information content (AvgIpc) is 3.24. The second-order valence-corrected chi connectivity index (χ2v) is 5.60. The van der Waals surface area contributed by atoms with Gasteiger partial charge in [-0.1, -0.05) is 12.1 Å². The zero-order valence-corrected chi connectivity index (χ0v) is 13.6. The zero-order chi connectivity index (χ0) is 13.2. The molecule has 118 valence electrons. The largest absolute Gasteiger partial charge is 0.398 e. The first-order valence-electron chi connectivity index (χ1n) is 7.13. The van der Waals surface area contributed by atoms with Crippen molar-refractivity contribution in [2.45, 2.75) is 37.8 Å². The maximum absolute atomic E-state index is 12.2. The average molecular weight is 332 g/mol. The third-order valence-electron chi connectivity index (χ3n) is 4.13. The predicted octanol–water partition coefficient (Wildman–Crippen LogP) is 2.47. The number of carbonyl (C=O) groups excluding carboxylic acids is 1. The number of hydrogen-bond donors (Lipinski definition) is 2. The van der Waals surface area contributed by atoms with Crippen LogP contribution in [-0.2, 0) is 0 Å². The maximum atomic E-state index is 12.2. The molecule has 0 radical (unpaired) electrons. The molecular formula is C15H23Cl2N3O. The van der Waals surface area contributed by atoms with Gasteiger partial charge in [0.1, 0.15) is 0 Å². The summed E-state index contributed by atoms with van der Waals surface area (Å²) >= 11 is 0. The molecule has 1 aliphatic heterocycles. The van der Waals surface area contributed by atoms with Crippen LogP contribution in [0, 0.1) is 0 Å². The van der Waals surface area contributed by atoms with Crippen molar-refractivity contribution in [3.63, 3.8) is 0 Å². The van der Waals surface area contributed by atoms with Crippen molar-refractivity contribution in [1.82, 2.24) is 10.2 Å². The molecule has 1 aromatic rings. The highest BCUT2D eigenvalue weighted by atomic mass is 35.5. The van der Waals surface area contributed by atoms with Crippen LogP contribution in [0.4, 0.5) is 5.69 Å². The number of halogens is 2. The molecule has 2 fully saturated rings. The van der Waals surface area contributed by atoms with Crippen molar-refractivity contribution in [3.05, 3.63) is 29.8 Å². The Morgan fingerprint density at radius 3 is 2.29 bits per heavy atom. The van der Waals surface area contributed by atoms with Gasteiger partial charge >= 0.3 is 0 Å². The first-order chi connectivity index (χ1) is 9.24. The number of likely N-dealkylation sites (tertiary alicyclic amines) is 1. The molecule has 4 nitrogen and oxygen atoms in total. The lowest BCUT2D eigenvalue weighted by molar-refractivity contribution is 0.0910. The summed E-state index contributed by atoms with van der Waals surface area (Å²) in [5, 5.41) is 3.11. The van der Waals surface area contributed by atoms with E-state index in [-0.39, 0.29) is 30.7 Å². The summed E-state index contributed by atoms with van der Waals surface area (Å²) in [6.07, 6.45) is 4.82. The van der Waals surface area contributed by atoms with Crippen molar-refractivity contribution in [3.8, 4) is 0 Å². The van der Waals surface area contributed by atoms with Crippen LogP contribution >= 0.6 is 24.8 Å². The molecule has 1 saturated heterocycles. The molecule has 2 aliphatic rings. The Balaban J connectivity index is 0.00000110. The highest BCUT2D eigenvalue weighted by Gasteiger charge is 2.32. The summed E-state index contributed by atoms with van der Waals surface area (Å²) in [6, 6.07) is 8.37. The normalized spacial score (nSPS) is 19.2. The molecule has 3 rings (SSSR count). The van der Waals surface area contributed by atoms with Gasteiger partial charge in [0, 0.05) is 30.9 Å². The Bertz CT molecular complexity index is 472. The number of para-hydroxylation sites is 1. The van der Waals surface area contributed by atoms with Gasteiger partial charge in [-0.05, 0) is 37.8 Å². The van der Waals surface area contributed by atoms with E-state index in [4.69, 9.17) is 5.73 Å². The van der Waals surface area contributed by atoms with Gasteiger partial charge in [0.05, 0.1) is 5.56 Å². The molecule has 1 amide bonds. The Morgan fingerprint density at radius 1 is 1.10 bits per heavy atom. The van der Waals surface area contributed by atoms with E-state index in [1.807, 2.05) is 12.1 Å². The van der Waals surface area contributed by atoms with Gasteiger partial charge in [0.15, 0.2) is 0 Å². The minimum Gasteiger partial charge on any atom is -0.398 e. The van der Waals surface area contributed by atoms with Crippen LogP contribution in [0.1, 0.15) is 36.0 Å². The number of nitrogens with zero attached hydrogens (tertiary/aromatic N) is 1. The van der Waals surface area contributed by atoms with E-state index in [9.17, 15) is 4.79 Å². The van der Waals surface area contributed by atoms with Gasteiger partial charge in [0.2, 0.25) is 0 Å². The van der Waals surface area contributed by atoms with Crippen LogP contribution in [0.2, 0.25) is 0 Å².